The van der Waals surface area contributed by atoms with Crippen LogP contribution in [0.25, 0.3) is 11.4 Å². The van der Waals surface area contributed by atoms with Gasteiger partial charge >= 0.3 is 0 Å². The summed E-state index contributed by atoms with van der Waals surface area (Å²) in [5.41, 5.74) is 6.52. The predicted molar refractivity (Wildman–Crippen MR) is 99.4 cm³/mol. The van der Waals surface area contributed by atoms with Crippen molar-refractivity contribution < 1.29 is 8.95 Å². The summed E-state index contributed by atoms with van der Waals surface area (Å²) in [5, 5.41) is 0. The first kappa shape index (κ1) is 17.6. The quantitative estimate of drug-likeness (QED) is 0.885. The van der Waals surface area contributed by atoms with E-state index in [-0.39, 0.29) is 6.04 Å². The van der Waals surface area contributed by atoms with Crippen LogP contribution >= 0.6 is 0 Å². The highest BCUT2D eigenvalue weighted by Crippen LogP contribution is 2.27. The average molecular weight is 362 g/mol. The second-order valence-electron chi connectivity index (χ2n) is 6.27. The lowest BCUT2D eigenvalue weighted by Crippen LogP contribution is -2.44. The second-order valence-corrected chi connectivity index (χ2v) is 8.81. The zero-order chi connectivity index (χ0) is 18.0. The number of morpholine rings is 1. The Balaban J connectivity index is 2.13. The Hall–Kier alpha value is -2.26. The van der Waals surface area contributed by atoms with Crippen LogP contribution < -0.4 is 10.6 Å². The number of nitrogen functional groups attached to an aromatic ring is 1. The van der Waals surface area contributed by atoms with Crippen molar-refractivity contribution in [3.63, 3.8) is 0 Å². The Morgan fingerprint density at radius 3 is 2.84 bits per heavy atom. The van der Waals surface area contributed by atoms with E-state index in [2.05, 4.69) is 31.1 Å². The lowest BCUT2D eigenvalue weighted by atomic mass is 10.2. The van der Waals surface area contributed by atoms with Crippen LogP contribution in [0.15, 0.2) is 28.8 Å². The largest absolute Gasteiger partial charge is 0.384 e. The van der Waals surface area contributed by atoms with Gasteiger partial charge in [0.1, 0.15) is 11.6 Å². The molecule has 3 heterocycles. The Bertz CT molecular complexity index is 886. The van der Waals surface area contributed by atoms with Crippen LogP contribution in [0.3, 0.4) is 0 Å². The van der Waals surface area contributed by atoms with Gasteiger partial charge in [-0.25, -0.2) is 19.2 Å². The minimum Gasteiger partial charge on any atom is -0.384 e. The van der Waals surface area contributed by atoms with Crippen LogP contribution in [0.4, 0.5) is 17.5 Å². The van der Waals surface area contributed by atoms with Crippen molar-refractivity contribution >= 4 is 27.2 Å². The summed E-state index contributed by atoms with van der Waals surface area (Å²) in [4.78, 5) is 15.3. The van der Waals surface area contributed by atoms with Crippen molar-refractivity contribution in [3.05, 3.63) is 24.4 Å². The molecule has 1 aliphatic heterocycles. The van der Waals surface area contributed by atoms with Crippen molar-refractivity contribution in [2.24, 2.45) is 4.36 Å². The summed E-state index contributed by atoms with van der Waals surface area (Å²) in [6.45, 7) is 4.07. The van der Waals surface area contributed by atoms with E-state index in [1.807, 2.05) is 0 Å². The van der Waals surface area contributed by atoms with E-state index < -0.39 is 9.73 Å². The van der Waals surface area contributed by atoms with Gasteiger partial charge in [0.15, 0.2) is 11.6 Å². The summed E-state index contributed by atoms with van der Waals surface area (Å²) >= 11 is 0. The molecule has 0 radical (unpaired) electrons. The number of aromatic nitrogens is 3. The van der Waals surface area contributed by atoms with E-state index in [1.165, 1.54) is 0 Å². The molecule has 1 aliphatic rings. The summed E-state index contributed by atoms with van der Waals surface area (Å²) < 4.78 is 21.9. The van der Waals surface area contributed by atoms with Gasteiger partial charge in [-0.05, 0) is 19.1 Å². The number of hydrogen-bond donors (Lipinski definition) is 1. The van der Waals surface area contributed by atoms with Crippen LogP contribution in [-0.2, 0) is 14.5 Å². The number of anilines is 2. The Labute approximate surface area is 147 Å². The van der Waals surface area contributed by atoms with Gasteiger partial charge in [0, 0.05) is 46.6 Å². The Morgan fingerprint density at radius 1 is 1.36 bits per heavy atom. The minimum absolute atomic E-state index is 0.180. The van der Waals surface area contributed by atoms with Gasteiger partial charge in [-0.1, -0.05) is 0 Å². The number of nitrogens with two attached hydrogens (primary N) is 1. The van der Waals surface area contributed by atoms with Crippen LogP contribution in [0, 0.1) is 0 Å². The maximum atomic E-state index is 12.1. The maximum absolute atomic E-state index is 12.1. The number of pyridine rings is 1. The highest BCUT2D eigenvalue weighted by Gasteiger charge is 2.22. The van der Waals surface area contributed by atoms with Crippen LogP contribution in [0.2, 0.25) is 0 Å². The lowest BCUT2D eigenvalue weighted by molar-refractivity contribution is 0.0985. The van der Waals surface area contributed by atoms with E-state index in [9.17, 15) is 4.21 Å². The van der Waals surface area contributed by atoms with E-state index in [1.54, 1.807) is 36.9 Å². The van der Waals surface area contributed by atoms with Crippen LogP contribution in [0.1, 0.15) is 6.92 Å². The minimum atomic E-state index is -2.34. The summed E-state index contributed by atoms with van der Waals surface area (Å²) in [7, 11) is -2.34. The van der Waals surface area contributed by atoms with Gasteiger partial charge in [0.05, 0.1) is 19.3 Å². The number of rotatable bonds is 3. The third-order valence-electron chi connectivity index (χ3n) is 3.71. The molecule has 8 nitrogen and oxygen atoms in total. The normalized spacial score (nSPS) is 18.2. The molecule has 9 heteroatoms. The fourth-order valence-corrected chi connectivity index (χ4v) is 3.17. The molecule has 0 bridgehead atoms. The monoisotopic (exact) mass is 362 g/mol. The number of hydrogen-bond acceptors (Lipinski definition) is 8. The van der Waals surface area contributed by atoms with Gasteiger partial charge in [0.25, 0.3) is 0 Å². The van der Waals surface area contributed by atoms with Crippen molar-refractivity contribution in [1.82, 2.24) is 15.0 Å². The number of nitrogens with zero attached hydrogens (tertiary/aromatic N) is 5. The topological polar surface area (TPSA) is 107 Å². The first-order chi connectivity index (χ1) is 11.8. The fraction of sp³-hybridized carbons (Fsp3) is 0.438. The maximum Gasteiger partial charge on any atom is 0.167 e. The summed E-state index contributed by atoms with van der Waals surface area (Å²) in [5.74, 6) is 2.00. The number of ether oxygens (including phenoxy) is 1. The molecule has 25 heavy (non-hydrogen) atoms. The highest BCUT2D eigenvalue weighted by atomic mass is 32.2. The molecule has 3 rings (SSSR count). The third kappa shape index (κ3) is 4.43. The average Bonchev–Trinajstić information content (AvgIpc) is 2.53. The van der Waals surface area contributed by atoms with Gasteiger partial charge in [0.2, 0.25) is 0 Å². The van der Waals surface area contributed by atoms with Crippen molar-refractivity contribution in [2.75, 3.05) is 42.9 Å². The summed E-state index contributed by atoms with van der Waals surface area (Å²) in [6.07, 6.45) is 4.77. The van der Waals surface area contributed by atoms with Gasteiger partial charge in [-0.3, -0.25) is 0 Å². The lowest BCUT2D eigenvalue weighted by Gasteiger charge is -2.34. The molecule has 0 spiro atoms. The first-order valence-corrected chi connectivity index (χ1v) is 10.3. The molecule has 0 amide bonds. The van der Waals surface area contributed by atoms with Crippen LogP contribution in [0.5, 0.6) is 0 Å². The first-order valence-electron chi connectivity index (χ1n) is 7.94. The fourth-order valence-electron chi connectivity index (χ4n) is 2.63. The molecule has 1 fully saturated rings. The van der Waals surface area contributed by atoms with E-state index in [0.29, 0.717) is 30.7 Å². The van der Waals surface area contributed by atoms with Crippen LogP contribution in [-0.4, -0.2) is 57.5 Å². The molecule has 0 aromatic carbocycles. The zero-order valence-electron chi connectivity index (χ0n) is 14.5. The van der Waals surface area contributed by atoms with Crippen molar-refractivity contribution in [3.8, 4) is 11.4 Å². The van der Waals surface area contributed by atoms with Gasteiger partial charge < -0.3 is 15.4 Å². The molecule has 0 unspecified atom stereocenters. The SMILES string of the molecule is C[C@@H]1COCCN1c1cc(N=S(C)(C)=O)nc(-c2ccnc(N)c2)n1. The Kier molecular flexibility index (Phi) is 4.87. The van der Waals surface area contributed by atoms with Gasteiger partial charge in [-0.15, -0.1) is 0 Å². The standard InChI is InChI=1S/C16H22N6O2S/c1-11-10-24-7-6-22(11)15-9-14(21-25(2,3)23)19-16(20-15)12-4-5-18-13(17)8-12/h4-5,8-9,11H,6-7,10H2,1-3H3,(H2,17,18)/t11-/m1/s1. The molecule has 1 saturated heterocycles. The van der Waals surface area contributed by atoms with E-state index in [4.69, 9.17) is 10.5 Å². The van der Waals surface area contributed by atoms with Crippen molar-refractivity contribution in [1.29, 1.82) is 0 Å². The predicted octanol–water partition coefficient (Wildman–Crippen LogP) is 1.70. The molecule has 2 aromatic rings. The smallest absolute Gasteiger partial charge is 0.167 e. The molecule has 2 N–H and O–H groups in total. The molecule has 2 aromatic heterocycles. The van der Waals surface area contributed by atoms with Crippen molar-refractivity contribution in [2.45, 2.75) is 13.0 Å². The Morgan fingerprint density at radius 2 is 2.16 bits per heavy atom. The summed E-state index contributed by atoms with van der Waals surface area (Å²) in [6, 6.07) is 5.44. The van der Waals surface area contributed by atoms with E-state index in [0.717, 1.165) is 17.9 Å². The molecular formula is C16H22N6O2S. The van der Waals surface area contributed by atoms with E-state index >= 15 is 0 Å². The molecular weight excluding hydrogens is 340 g/mol. The molecule has 134 valence electrons. The third-order valence-corrected chi connectivity index (χ3v) is 4.34. The highest BCUT2D eigenvalue weighted by molar-refractivity contribution is 7.92. The second kappa shape index (κ2) is 6.93. The molecule has 0 saturated carbocycles. The van der Waals surface area contributed by atoms with Gasteiger partial charge in [-0.2, -0.15) is 4.36 Å². The zero-order valence-corrected chi connectivity index (χ0v) is 15.4. The molecule has 0 aliphatic carbocycles. The molecule has 1 atom stereocenters.